The minimum absolute atomic E-state index is 0.0797. The van der Waals surface area contributed by atoms with Crippen molar-refractivity contribution in [1.29, 1.82) is 0 Å². The Morgan fingerprint density at radius 2 is 0.950 bits per heavy atom. The summed E-state index contributed by atoms with van der Waals surface area (Å²) in [6.45, 7) is 15.5. The summed E-state index contributed by atoms with van der Waals surface area (Å²) < 4.78 is 2.15. The minimum Gasteiger partial charge on any atom is -0.208 e. The number of nitrogens with zero attached hydrogens (tertiary/aromatic N) is 4. The molecule has 0 atom stereocenters. The first-order chi connectivity index (χ1) is 18.9. The van der Waals surface area contributed by atoms with Crippen molar-refractivity contribution in [2.75, 3.05) is 0 Å². The molecule has 0 bridgehead atoms. The molecule has 202 valence electrons. The van der Waals surface area contributed by atoms with Gasteiger partial charge in [0.1, 0.15) is 7.05 Å². The predicted octanol–water partition coefficient (Wildman–Crippen LogP) is 8.27. The van der Waals surface area contributed by atoms with E-state index in [9.17, 15) is 0 Å². The highest BCUT2D eigenvalue weighted by Gasteiger charge is 2.19. The third-order valence-corrected chi connectivity index (χ3v) is 7.47. The second-order valence-electron chi connectivity index (χ2n) is 12.7. The van der Waals surface area contributed by atoms with Crippen molar-refractivity contribution < 1.29 is 4.57 Å². The average molecular weight is 528 g/mol. The van der Waals surface area contributed by atoms with Gasteiger partial charge in [0.05, 0.1) is 5.56 Å². The standard InChI is InChI=1S/C36H39N4/c1-24-11-9-10-12-30(24)31-22-17-27(23-40(31)8)34-38-32(25-13-18-28(19-14-25)35(2,3)4)37-33(39-34)26-15-20-29(21-16-26)36(5,6)7/h9-23H,1-8H3/q+1. The van der Waals surface area contributed by atoms with Crippen LogP contribution in [0.15, 0.2) is 91.1 Å². The lowest BCUT2D eigenvalue weighted by Crippen LogP contribution is -2.31. The fraction of sp³-hybridized carbons (Fsp3) is 0.278. The Labute approximate surface area is 238 Å². The number of pyridine rings is 1. The zero-order chi connectivity index (χ0) is 28.7. The van der Waals surface area contributed by atoms with Crippen LogP contribution in [0.25, 0.3) is 45.4 Å². The van der Waals surface area contributed by atoms with E-state index in [2.05, 4.69) is 151 Å². The van der Waals surface area contributed by atoms with Crippen LogP contribution in [0.4, 0.5) is 0 Å². The number of aryl methyl sites for hydroxylation is 2. The Morgan fingerprint density at radius 3 is 1.38 bits per heavy atom. The van der Waals surface area contributed by atoms with Gasteiger partial charge >= 0.3 is 0 Å². The molecule has 4 nitrogen and oxygen atoms in total. The second kappa shape index (κ2) is 10.4. The van der Waals surface area contributed by atoms with E-state index in [1.165, 1.54) is 22.3 Å². The van der Waals surface area contributed by atoms with Gasteiger partial charge in [0, 0.05) is 22.8 Å². The molecule has 3 aromatic carbocycles. The zero-order valence-electron chi connectivity index (χ0n) is 24.9. The number of benzene rings is 3. The van der Waals surface area contributed by atoms with Crippen LogP contribution in [0.5, 0.6) is 0 Å². The van der Waals surface area contributed by atoms with Crippen LogP contribution < -0.4 is 4.57 Å². The molecule has 0 unspecified atom stereocenters. The van der Waals surface area contributed by atoms with Crippen LogP contribution in [0.3, 0.4) is 0 Å². The highest BCUT2D eigenvalue weighted by atomic mass is 15.0. The molecule has 0 aliphatic carbocycles. The third-order valence-electron chi connectivity index (χ3n) is 7.47. The van der Waals surface area contributed by atoms with Gasteiger partial charge in [0.15, 0.2) is 23.7 Å². The molecule has 2 heterocycles. The summed E-state index contributed by atoms with van der Waals surface area (Å²) in [6, 6.07) is 29.9. The van der Waals surface area contributed by atoms with Gasteiger partial charge in [-0.1, -0.05) is 108 Å². The molecular formula is C36H39N4+. The van der Waals surface area contributed by atoms with E-state index in [0.29, 0.717) is 17.5 Å². The van der Waals surface area contributed by atoms with Crippen molar-refractivity contribution in [1.82, 2.24) is 15.0 Å². The van der Waals surface area contributed by atoms with Gasteiger partial charge in [-0.3, -0.25) is 0 Å². The van der Waals surface area contributed by atoms with Gasteiger partial charge in [-0.25, -0.2) is 19.5 Å². The van der Waals surface area contributed by atoms with Gasteiger partial charge in [0.2, 0.25) is 5.69 Å². The van der Waals surface area contributed by atoms with E-state index in [0.717, 1.165) is 22.4 Å². The lowest BCUT2D eigenvalue weighted by molar-refractivity contribution is -0.659. The molecule has 0 aliphatic rings. The maximum absolute atomic E-state index is 4.97. The first kappa shape index (κ1) is 27.4. The summed E-state index contributed by atoms with van der Waals surface area (Å²) in [4.78, 5) is 14.9. The van der Waals surface area contributed by atoms with Crippen LogP contribution in [-0.4, -0.2) is 15.0 Å². The summed E-state index contributed by atoms with van der Waals surface area (Å²) in [7, 11) is 2.07. The smallest absolute Gasteiger partial charge is 0.208 e. The van der Waals surface area contributed by atoms with E-state index < -0.39 is 0 Å². The molecular weight excluding hydrogens is 488 g/mol. The number of hydrogen-bond acceptors (Lipinski definition) is 3. The largest absolute Gasteiger partial charge is 0.212 e. The predicted molar refractivity (Wildman–Crippen MR) is 165 cm³/mol. The van der Waals surface area contributed by atoms with E-state index in [1.54, 1.807) is 0 Å². The molecule has 0 radical (unpaired) electrons. The summed E-state index contributed by atoms with van der Waals surface area (Å²) >= 11 is 0. The molecule has 40 heavy (non-hydrogen) atoms. The Hall–Kier alpha value is -4.18. The third kappa shape index (κ3) is 5.72. The van der Waals surface area contributed by atoms with Crippen molar-refractivity contribution in [3.63, 3.8) is 0 Å². The monoisotopic (exact) mass is 527 g/mol. The van der Waals surface area contributed by atoms with Gasteiger partial charge in [-0.05, 0) is 46.6 Å². The fourth-order valence-electron chi connectivity index (χ4n) is 4.88. The molecule has 5 rings (SSSR count). The van der Waals surface area contributed by atoms with E-state index in [1.807, 2.05) is 0 Å². The van der Waals surface area contributed by atoms with Crippen molar-refractivity contribution in [3.8, 4) is 45.4 Å². The van der Waals surface area contributed by atoms with Crippen LogP contribution in [0, 0.1) is 6.92 Å². The highest BCUT2D eigenvalue weighted by molar-refractivity contribution is 5.68. The quantitative estimate of drug-likeness (QED) is 0.221. The maximum Gasteiger partial charge on any atom is 0.212 e. The average Bonchev–Trinajstić information content (AvgIpc) is 2.92. The van der Waals surface area contributed by atoms with Crippen LogP contribution in [-0.2, 0) is 17.9 Å². The fourth-order valence-corrected chi connectivity index (χ4v) is 4.88. The molecule has 0 spiro atoms. The highest BCUT2D eigenvalue weighted by Crippen LogP contribution is 2.30. The van der Waals surface area contributed by atoms with Crippen molar-refractivity contribution in [3.05, 3.63) is 108 Å². The number of hydrogen-bond donors (Lipinski definition) is 0. The van der Waals surface area contributed by atoms with Gasteiger partial charge < -0.3 is 0 Å². The van der Waals surface area contributed by atoms with Crippen molar-refractivity contribution >= 4 is 0 Å². The van der Waals surface area contributed by atoms with Gasteiger partial charge in [-0.2, -0.15) is 0 Å². The second-order valence-corrected chi connectivity index (χ2v) is 12.7. The minimum atomic E-state index is 0.0797. The molecule has 0 fully saturated rings. The number of rotatable bonds is 4. The molecule has 4 heteroatoms. The SMILES string of the molecule is Cc1ccccc1-c1ccc(-c2nc(-c3ccc(C(C)(C)C)cc3)nc(-c3ccc(C(C)(C)C)cc3)n2)c[n+]1C. The molecule has 0 aliphatic heterocycles. The zero-order valence-corrected chi connectivity index (χ0v) is 24.9. The molecule has 0 amide bonds. The summed E-state index contributed by atoms with van der Waals surface area (Å²) in [5, 5.41) is 0. The summed E-state index contributed by atoms with van der Waals surface area (Å²) in [5.74, 6) is 2.00. The Kier molecular flexibility index (Phi) is 7.14. The van der Waals surface area contributed by atoms with Gasteiger partial charge in [0.25, 0.3) is 0 Å². The Morgan fingerprint density at radius 1 is 0.525 bits per heavy atom. The Balaban J connectivity index is 1.62. The normalized spacial score (nSPS) is 12.0. The van der Waals surface area contributed by atoms with E-state index in [4.69, 9.17) is 15.0 Å². The van der Waals surface area contributed by atoms with Crippen LogP contribution in [0.1, 0.15) is 58.2 Å². The number of aromatic nitrogens is 4. The van der Waals surface area contributed by atoms with Crippen molar-refractivity contribution in [2.24, 2.45) is 7.05 Å². The molecule has 5 aromatic rings. The van der Waals surface area contributed by atoms with Crippen LogP contribution >= 0.6 is 0 Å². The molecule has 0 N–H and O–H groups in total. The lowest BCUT2D eigenvalue weighted by Gasteiger charge is -2.19. The first-order valence-electron chi connectivity index (χ1n) is 13.9. The molecule has 0 saturated carbocycles. The topological polar surface area (TPSA) is 42.6 Å². The van der Waals surface area contributed by atoms with E-state index >= 15 is 0 Å². The maximum atomic E-state index is 4.97. The lowest BCUT2D eigenvalue weighted by atomic mass is 9.86. The van der Waals surface area contributed by atoms with Gasteiger partial charge in [-0.15, -0.1) is 0 Å². The molecule has 0 saturated heterocycles. The Bertz CT molecular complexity index is 1580. The summed E-state index contributed by atoms with van der Waals surface area (Å²) in [6.07, 6.45) is 2.11. The van der Waals surface area contributed by atoms with E-state index in [-0.39, 0.29) is 10.8 Å². The molecule has 2 aromatic heterocycles. The summed E-state index contributed by atoms with van der Waals surface area (Å²) in [5.41, 5.74) is 9.22. The van der Waals surface area contributed by atoms with Crippen molar-refractivity contribution in [2.45, 2.75) is 59.3 Å². The van der Waals surface area contributed by atoms with Crippen LogP contribution in [0.2, 0.25) is 0 Å². The first-order valence-corrected chi connectivity index (χ1v) is 13.9.